The van der Waals surface area contributed by atoms with Gasteiger partial charge in [-0.2, -0.15) is 0 Å². The van der Waals surface area contributed by atoms with E-state index in [1.807, 2.05) is 0 Å². The van der Waals surface area contributed by atoms with Gasteiger partial charge in [0.2, 0.25) is 10.0 Å². The van der Waals surface area contributed by atoms with Gasteiger partial charge in [0.1, 0.15) is 0 Å². The fraction of sp³-hybridized carbons (Fsp3) is 0.500. The number of nitrogens with two attached hydrogens (primary N) is 1. The van der Waals surface area contributed by atoms with E-state index in [0.29, 0.717) is 17.5 Å². The number of hydrogen-bond acceptors (Lipinski definition) is 4. The highest BCUT2D eigenvalue weighted by atomic mass is 32.2. The fourth-order valence-corrected chi connectivity index (χ4v) is 3.44. The molecule has 0 atom stereocenters. The molecule has 1 aromatic rings. The number of anilines is 1. The van der Waals surface area contributed by atoms with E-state index in [2.05, 4.69) is 4.90 Å². The molecular formula is C14H20N2O3S. The second-order valence-corrected chi connectivity index (χ2v) is 6.66. The van der Waals surface area contributed by atoms with Crippen molar-refractivity contribution in [2.45, 2.75) is 38.0 Å². The monoisotopic (exact) mass is 296 g/mol. The van der Waals surface area contributed by atoms with Gasteiger partial charge in [0.15, 0.2) is 5.78 Å². The molecule has 0 aliphatic carbocycles. The molecule has 1 fully saturated rings. The summed E-state index contributed by atoms with van der Waals surface area (Å²) in [5.41, 5.74) is 1.86. The van der Waals surface area contributed by atoms with Crippen LogP contribution in [0.25, 0.3) is 0 Å². The van der Waals surface area contributed by atoms with Crippen LogP contribution in [0, 0.1) is 6.92 Å². The Bertz CT molecular complexity index is 632. The van der Waals surface area contributed by atoms with Gasteiger partial charge in [-0.3, -0.25) is 4.79 Å². The average molecular weight is 296 g/mol. The van der Waals surface area contributed by atoms with Gasteiger partial charge in [0.25, 0.3) is 0 Å². The molecule has 1 heterocycles. The van der Waals surface area contributed by atoms with Crippen LogP contribution in [-0.4, -0.2) is 27.3 Å². The van der Waals surface area contributed by atoms with Gasteiger partial charge in [-0.15, -0.1) is 0 Å². The summed E-state index contributed by atoms with van der Waals surface area (Å²) in [5.74, 6) is -0.0738. The van der Waals surface area contributed by atoms with Crippen molar-refractivity contribution in [3.63, 3.8) is 0 Å². The molecule has 6 heteroatoms. The topological polar surface area (TPSA) is 80.5 Å². The highest BCUT2D eigenvalue weighted by Gasteiger charge is 2.22. The first-order chi connectivity index (χ1) is 9.34. The Hall–Kier alpha value is -1.40. The maximum absolute atomic E-state index is 11.9. The predicted molar refractivity (Wildman–Crippen MR) is 78.6 cm³/mol. The van der Waals surface area contributed by atoms with Crippen molar-refractivity contribution in [2.75, 3.05) is 18.0 Å². The van der Waals surface area contributed by atoms with Crippen LogP contribution < -0.4 is 10.0 Å². The fourth-order valence-electron chi connectivity index (χ4n) is 2.62. The van der Waals surface area contributed by atoms with E-state index in [1.54, 1.807) is 19.9 Å². The second kappa shape index (κ2) is 5.54. The number of benzene rings is 1. The van der Waals surface area contributed by atoms with Crippen LogP contribution in [0.5, 0.6) is 0 Å². The van der Waals surface area contributed by atoms with E-state index in [1.165, 1.54) is 6.07 Å². The van der Waals surface area contributed by atoms with Crippen molar-refractivity contribution in [1.82, 2.24) is 0 Å². The summed E-state index contributed by atoms with van der Waals surface area (Å²) >= 11 is 0. The zero-order valence-electron chi connectivity index (χ0n) is 11.8. The lowest BCUT2D eigenvalue weighted by molar-refractivity contribution is 0.0988. The van der Waals surface area contributed by atoms with Crippen molar-refractivity contribution in [3.8, 4) is 0 Å². The Morgan fingerprint density at radius 1 is 1.30 bits per heavy atom. The molecule has 1 aliphatic rings. The van der Waals surface area contributed by atoms with E-state index in [-0.39, 0.29) is 10.7 Å². The number of sulfonamides is 1. The number of carbonyl (C=O) groups is 1. The summed E-state index contributed by atoms with van der Waals surface area (Å²) in [7, 11) is -3.83. The molecule has 0 aromatic heterocycles. The highest BCUT2D eigenvalue weighted by molar-refractivity contribution is 7.89. The zero-order chi connectivity index (χ0) is 14.9. The molecule has 0 unspecified atom stereocenters. The third kappa shape index (κ3) is 2.86. The normalized spacial score (nSPS) is 15.7. The third-order valence-corrected chi connectivity index (χ3v) is 4.77. The van der Waals surface area contributed by atoms with Gasteiger partial charge in [0, 0.05) is 30.8 Å². The van der Waals surface area contributed by atoms with Gasteiger partial charge < -0.3 is 4.90 Å². The molecule has 2 rings (SSSR count). The van der Waals surface area contributed by atoms with Crippen LogP contribution in [0.15, 0.2) is 17.0 Å². The molecule has 0 radical (unpaired) electrons. The molecule has 5 nitrogen and oxygen atoms in total. The van der Waals surface area contributed by atoms with Crippen LogP contribution in [0.3, 0.4) is 0 Å². The standard InChI is InChI=1S/C14H20N2O3S/c1-3-13(17)11-8-12(16-6-4-5-7-16)10(2)14(9-11)20(15,18)19/h8-9H,3-7H2,1-2H3,(H2,15,18,19). The first-order valence-corrected chi connectivity index (χ1v) is 8.35. The third-order valence-electron chi connectivity index (χ3n) is 3.73. The van der Waals surface area contributed by atoms with Crippen molar-refractivity contribution < 1.29 is 13.2 Å². The van der Waals surface area contributed by atoms with Crippen molar-refractivity contribution in [1.29, 1.82) is 0 Å². The number of nitrogens with zero attached hydrogens (tertiary/aromatic N) is 1. The number of Topliss-reactive ketones (excluding diaryl/α,β-unsaturated/α-hetero) is 1. The molecule has 0 spiro atoms. The minimum Gasteiger partial charge on any atom is -0.371 e. The molecule has 1 aromatic carbocycles. The van der Waals surface area contributed by atoms with E-state index in [9.17, 15) is 13.2 Å². The minimum absolute atomic E-state index is 0.0544. The number of carbonyl (C=O) groups excluding carboxylic acids is 1. The summed E-state index contributed by atoms with van der Waals surface area (Å²) in [6.45, 7) is 5.27. The van der Waals surface area contributed by atoms with E-state index >= 15 is 0 Å². The first kappa shape index (κ1) is 15.0. The largest absolute Gasteiger partial charge is 0.371 e. The molecule has 0 bridgehead atoms. The molecule has 1 aliphatic heterocycles. The van der Waals surface area contributed by atoms with Gasteiger partial charge in [-0.05, 0) is 37.5 Å². The molecular weight excluding hydrogens is 276 g/mol. The highest BCUT2D eigenvalue weighted by Crippen LogP contribution is 2.30. The van der Waals surface area contributed by atoms with E-state index in [0.717, 1.165) is 31.6 Å². The van der Waals surface area contributed by atoms with Crippen LogP contribution in [-0.2, 0) is 10.0 Å². The Labute approximate surface area is 119 Å². The van der Waals surface area contributed by atoms with Crippen LogP contribution in [0.4, 0.5) is 5.69 Å². The lowest BCUT2D eigenvalue weighted by Gasteiger charge is -2.22. The van der Waals surface area contributed by atoms with Crippen molar-refractivity contribution in [3.05, 3.63) is 23.3 Å². The lowest BCUT2D eigenvalue weighted by atomic mass is 10.0. The van der Waals surface area contributed by atoms with E-state index in [4.69, 9.17) is 5.14 Å². The van der Waals surface area contributed by atoms with Crippen LogP contribution in [0.2, 0.25) is 0 Å². The maximum atomic E-state index is 11.9. The number of rotatable bonds is 4. The molecule has 110 valence electrons. The average Bonchev–Trinajstić information content (AvgIpc) is 2.90. The smallest absolute Gasteiger partial charge is 0.238 e. The van der Waals surface area contributed by atoms with Crippen molar-refractivity contribution in [2.24, 2.45) is 5.14 Å². The zero-order valence-corrected chi connectivity index (χ0v) is 12.7. The number of hydrogen-bond donors (Lipinski definition) is 1. The Morgan fingerprint density at radius 3 is 2.40 bits per heavy atom. The minimum atomic E-state index is -3.83. The summed E-state index contributed by atoms with van der Waals surface area (Å²) in [6.07, 6.45) is 2.50. The Balaban J connectivity index is 2.63. The quantitative estimate of drug-likeness (QED) is 0.860. The number of primary sulfonamides is 1. The second-order valence-electron chi connectivity index (χ2n) is 5.13. The Morgan fingerprint density at radius 2 is 1.90 bits per heavy atom. The summed E-state index contributed by atoms with van der Waals surface area (Å²) in [4.78, 5) is 14.1. The summed E-state index contributed by atoms with van der Waals surface area (Å²) < 4.78 is 23.5. The van der Waals surface area contributed by atoms with Crippen molar-refractivity contribution >= 4 is 21.5 Å². The molecule has 20 heavy (non-hydrogen) atoms. The first-order valence-electron chi connectivity index (χ1n) is 6.80. The predicted octanol–water partition coefficient (Wildman–Crippen LogP) is 1.84. The summed E-state index contributed by atoms with van der Waals surface area (Å²) in [6, 6.07) is 3.19. The van der Waals surface area contributed by atoms with Gasteiger partial charge >= 0.3 is 0 Å². The van der Waals surface area contributed by atoms with Gasteiger partial charge in [-0.25, -0.2) is 13.6 Å². The molecule has 0 saturated carbocycles. The maximum Gasteiger partial charge on any atom is 0.238 e. The molecule has 2 N–H and O–H groups in total. The number of ketones is 1. The summed E-state index contributed by atoms with van der Waals surface area (Å²) in [5, 5.41) is 5.28. The van der Waals surface area contributed by atoms with Gasteiger partial charge in [-0.1, -0.05) is 6.92 Å². The molecule has 1 saturated heterocycles. The Kier molecular flexibility index (Phi) is 4.15. The van der Waals surface area contributed by atoms with Crippen LogP contribution >= 0.6 is 0 Å². The van der Waals surface area contributed by atoms with Crippen LogP contribution in [0.1, 0.15) is 42.1 Å². The lowest BCUT2D eigenvalue weighted by Crippen LogP contribution is -2.22. The SMILES string of the molecule is CCC(=O)c1cc(N2CCCC2)c(C)c(S(N)(=O)=O)c1. The van der Waals surface area contributed by atoms with E-state index < -0.39 is 10.0 Å². The van der Waals surface area contributed by atoms with Gasteiger partial charge in [0.05, 0.1) is 4.90 Å². The molecule has 0 amide bonds.